The van der Waals surface area contributed by atoms with Crippen LogP contribution in [-0.2, 0) is 0 Å². The molecule has 0 aromatic carbocycles. The molecule has 0 radical (unpaired) electrons. The molecule has 0 aliphatic heterocycles. The summed E-state index contributed by atoms with van der Waals surface area (Å²) in [5.41, 5.74) is 1.54. The molecule has 2 heterocycles. The van der Waals surface area contributed by atoms with E-state index in [2.05, 4.69) is 0 Å². The van der Waals surface area contributed by atoms with Gasteiger partial charge < -0.3 is 10.1 Å². The normalized spacial score (nSPS) is 10.5. The van der Waals surface area contributed by atoms with Crippen molar-refractivity contribution >= 4 is 11.3 Å². The van der Waals surface area contributed by atoms with E-state index in [9.17, 15) is 10.1 Å². The van der Waals surface area contributed by atoms with E-state index in [4.69, 9.17) is 0 Å². The van der Waals surface area contributed by atoms with Gasteiger partial charge in [0.25, 0.3) is 0 Å². The maximum Gasteiger partial charge on any atom is 0.331 e. The molecule has 0 spiro atoms. The van der Waals surface area contributed by atoms with Crippen LogP contribution in [-0.4, -0.2) is 9.32 Å². The highest BCUT2D eigenvalue weighted by Crippen LogP contribution is 2.22. The fraction of sp³-hybridized carbons (Fsp3) is 0.111. The van der Waals surface area contributed by atoms with Gasteiger partial charge in [0.2, 0.25) is 0 Å². The van der Waals surface area contributed by atoms with Crippen LogP contribution in [0, 0.1) is 17.0 Å². The summed E-state index contributed by atoms with van der Waals surface area (Å²) in [6, 6.07) is 7.29. The Hall–Kier alpha value is -1.84. The minimum absolute atomic E-state index is 0.149. The van der Waals surface area contributed by atoms with Crippen LogP contribution in [0.4, 0.5) is 5.82 Å². The second kappa shape index (κ2) is 2.58. The summed E-state index contributed by atoms with van der Waals surface area (Å²) < 4.78 is 1.58. The van der Waals surface area contributed by atoms with Crippen molar-refractivity contribution in [2.45, 2.75) is 6.92 Å². The number of hydrogen-bond donors (Lipinski definition) is 0. The van der Waals surface area contributed by atoms with E-state index in [0.29, 0.717) is 5.56 Å². The van der Waals surface area contributed by atoms with Crippen LogP contribution in [0.15, 0.2) is 30.5 Å². The topological polar surface area (TPSA) is 47.5 Å². The Morgan fingerprint density at radius 1 is 1.46 bits per heavy atom. The summed E-state index contributed by atoms with van der Waals surface area (Å²) in [5, 5.41) is 10.7. The maximum atomic E-state index is 10.7. The SMILES string of the molecule is Cc1cc2ccccn2c1[N+](=O)[O-]. The molecule has 0 N–H and O–H groups in total. The molecule has 0 amide bonds. The molecule has 4 nitrogen and oxygen atoms in total. The van der Waals surface area contributed by atoms with Crippen molar-refractivity contribution in [3.05, 3.63) is 46.1 Å². The summed E-state index contributed by atoms with van der Waals surface area (Å²) >= 11 is 0. The molecular formula is C9H8N2O2. The lowest BCUT2D eigenvalue weighted by atomic mass is 10.3. The number of hydrogen-bond acceptors (Lipinski definition) is 2. The highest BCUT2D eigenvalue weighted by atomic mass is 16.6. The van der Waals surface area contributed by atoms with Crippen LogP contribution in [0.2, 0.25) is 0 Å². The predicted octanol–water partition coefficient (Wildman–Crippen LogP) is 2.16. The summed E-state index contributed by atoms with van der Waals surface area (Å²) in [6.07, 6.45) is 1.69. The Bertz CT molecular complexity index is 473. The highest BCUT2D eigenvalue weighted by Gasteiger charge is 2.15. The smallest absolute Gasteiger partial charge is 0.331 e. The number of nitrogens with zero attached hydrogens (tertiary/aromatic N) is 2. The Morgan fingerprint density at radius 2 is 2.23 bits per heavy atom. The molecule has 4 heteroatoms. The fourth-order valence-corrected chi connectivity index (χ4v) is 1.48. The molecular weight excluding hydrogens is 168 g/mol. The fourth-order valence-electron chi connectivity index (χ4n) is 1.48. The van der Waals surface area contributed by atoms with Gasteiger partial charge in [-0.2, -0.15) is 4.40 Å². The maximum absolute atomic E-state index is 10.7. The molecule has 66 valence electrons. The van der Waals surface area contributed by atoms with Crippen molar-refractivity contribution < 1.29 is 4.92 Å². The van der Waals surface area contributed by atoms with Gasteiger partial charge in [-0.15, -0.1) is 0 Å². The van der Waals surface area contributed by atoms with E-state index >= 15 is 0 Å². The lowest BCUT2D eigenvalue weighted by molar-refractivity contribution is -0.390. The average molecular weight is 176 g/mol. The van der Waals surface area contributed by atoms with Crippen LogP contribution < -0.4 is 0 Å². The molecule has 0 aliphatic rings. The summed E-state index contributed by atoms with van der Waals surface area (Å²) in [7, 11) is 0. The second-order valence-corrected chi connectivity index (χ2v) is 2.90. The lowest BCUT2D eigenvalue weighted by Crippen LogP contribution is -1.94. The standard InChI is InChI=1S/C9H8N2O2/c1-7-6-8-4-2-3-5-10(8)9(7)11(12)13/h2-6H,1H3. The molecule has 0 atom stereocenters. The van der Waals surface area contributed by atoms with E-state index in [0.717, 1.165) is 5.52 Å². The van der Waals surface area contributed by atoms with Gasteiger partial charge >= 0.3 is 5.82 Å². The Labute approximate surface area is 74.6 Å². The van der Waals surface area contributed by atoms with Gasteiger partial charge in [0.05, 0.1) is 6.20 Å². The Morgan fingerprint density at radius 3 is 2.92 bits per heavy atom. The number of aromatic nitrogens is 1. The number of rotatable bonds is 1. The van der Waals surface area contributed by atoms with E-state index in [1.165, 1.54) is 0 Å². The van der Waals surface area contributed by atoms with Crippen LogP contribution in [0.5, 0.6) is 0 Å². The second-order valence-electron chi connectivity index (χ2n) is 2.90. The van der Waals surface area contributed by atoms with Crippen LogP contribution >= 0.6 is 0 Å². The molecule has 0 fully saturated rings. The van der Waals surface area contributed by atoms with Gasteiger partial charge in [0.15, 0.2) is 0 Å². The van der Waals surface area contributed by atoms with Gasteiger partial charge in [-0.25, -0.2) is 0 Å². The average Bonchev–Trinajstić information content (AvgIpc) is 2.39. The summed E-state index contributed by atoms with van der Waals surface area (Å²) in [5.74, 6) is 0.149. The molecule has 2 rings (SSSR count). The number of aryl methyl sites for hydroxylation is 1. The van der Waals surface area contributed by atoms with Crippen LogP contribution in [0.1, 0.15) is 5.56 Å². The van der Waals surface area contributed by atoms with E-state index in [1.54, 1.807) is 29.7 Å². The summed E-state index contributed by atoms with van der Waals surface area (Å²) in [6.45, 7) is 1.74. The zero-order valence-corrected chi connectivity index (χ0v) is 7.10. The zero-order valence-electron chi connectivity index (χ0n) is 7.10. The minimum atomic E-state index is -0.359. The minimum Gasteiger partial charge on any atom is -0.358 e. The van der Waals surface area contributed by atoms with Gasteiger partial charge in [-0.05, 0) is 30.0 Å². The molecule has 2 aromatic rings. The third kappa shape index (κ3) is 1.07. The van der Waals surface area contributed by atoms with Gasteiger partial charge in [0.1, 0.15) is 5.52 Å². The first kappa shape index (κ1) is 7.79. The van der Waals surface area contributed by atoms with Crippen LogP contribution in [0.25, 0.3) is 5.52 Å². The number of nitro groups is 1. The monoisotopic (exact) mass is 176 g/mol. The van der Waals surface area contributed by atoms with Crippen molar-refractivity contribution in [1.29, 1.82) is 0 Å². The predicted molar refractivity (Wildman–Crippen MR) is 48.8 cm³/mol. The molecule has 0 aliphatic carbocycles. The first-order valence-electron chi connectivity index (χ1n) is 3.91. The molecule has 0 unspecified atom stereocenters. The number of fused-ring (bicyclic) bond motifs is 1. The molecule has 2 aromatic heterocycles. The van der Waals surface area contributed by atoms with Crippen molar-refractivity contribution in [3.63, 3.8) is 0 Å². The Balaban J connectivity index is 2.86. The van der Waals surface area contributed by atoms with Gasteiger partial charge in [-0.3, -0.25) is 0 Å². The van der Waals surface area contributed by atoms with Crippen molar-refractivity contribution in [2.24, 2.45) is 0 Å². The van der Waals surface area contributed by atoms with E-state index in [-0.39, 0.29) is 10.7 Å². The first-order chi connectivity index (χ1) is 6.20. The Kier molecular flexibility index (Phi) is 1.55. The molecule has 0 saturated heterocycles. The van der Waals surface area contributed by atoms with Gasteiger partial charge in [-0.1, -0.05) is 6.07 Å². The first-order valence-corrected chi connectivity index (χ1v) is 3.91. The molecule has 0 saturated carbocycles. The highest BCUT2D eigenvalue weighted by molar-refractivity contribution is 5.57. The van der Waals surface area contributed by atoms with Crippen LogP contribution in [0.3, 0.4) is 0 Å². The number of pyridine rings is 1. The molecule has 13 heavy (non-hydrogen) atoms. The van der Waals surface area contributed by atoms with Gasteiger partial charge in [0, 0.05) is 5.56 Å². The third-order valence-electron chi connectivity index (χ3n) is 2.01. The molecule has 0 bridgehead atoms. The largest absolute Gasteiger partial charge is 0.358 e. The lowest BCUT2D eigenvalue weighted by Gasteiger charge is -1.94. The van der Waals surface area contributed by atoms with E-state index in [1.807, 2.05) is 12.1 Å². The van der Waals surface area contributed by atoms with Crippen molar-refractivity contribution in [2.75, 3.05) is 0 Å². The third-order valence-corrected chi connectivity index (χ3v) is 2.01. The van der Waals surface area contributed by atoms with Crippen molar-refractivity contribution in [1.82, 2.24) is 4.40 Å². The van der Waals surface area contributed by atoms with Crippen molar-refractivity contribution in [3.8, 4) is 0 Å². The van der Waals surface area contributed by atoms with E-state index < -0.39 is 0 Å². The summed E-state index contributed by atoms with van der Waals surface area (Å²) in [4.78, 5) is 10.3. The quantitative estimate of drug-likeness (QED) is 0.493. The zero-order chi connectivity index (χ0) is 9.42.